The first-order valence-corrected chi connectivity index (χ1v) is 10.7. The van der Waals surface area contributed by atoms with Crippen molar-refractivity contribution in [1.82, 2.24) is 19.9 Å². The number of halogens is 1. The lowest BCUT2D eigenvalue weighted by Crippen LogP contribution is -2.18. The normalized spacial score (nSPS) is 11.4. The number of aromatic nitrogens is 3. The molecule has 10 heteroatoms. The molecule has 7 nitrogen and oxygen atoms in total. The SMILES string of the molecule is Cc1c(C(=O)Nc2nc(-c3ccc(F)cc3)cs2)sc2nc(CN(C)C)[nH]c(=O)c12. The van der Waals surface area contributed by atoms with Gasteiger partial charge in [-0.1, -0.05) is 0 Å². The topological polar surface area (TPSA) is 91.0 Å². The summed E-state index contributed by atoms with van der Waals surface area (Å²) in [5, 5.41) is 5.43. The maximum atomic E-state index is 13.1. The fraction of sp³-hybridized carbons (Fsp3) is 0.200. The highest BCUT2D eigenvalue weighted by atomic mass is 32.1. The Morgan fingerprint density at radius 3 is 2.67 bits per heavy atom. The van der Waals surface area contributed by atoms with E-state index in [-0.39, 0.29) is 17.3 Å². The molecule has 0 spiro atoms. The molecule has 0 radical (unpaired) electrons. The van der Waals surface area contributed by atoms with Crippen LogP contribution in [0.1, 0.15) is 21.1 Å². The molecule has 154 valence electrons. The summed E-state index contributed by atoms with van der Waals surface area (Å²) >= 11 is 2.46. The van der Waals surface area contributed by atoms with Gasteiger partial charge in [-0.3, -0.25) is 14.9 Å². The maximum Gasteiger partial charge on any atom is 0.267 e. The number of carbonyl (C=O) groups is 1. The Morgan fingerprint density at radius 2 is 1.97 bits per heavy atom. The summed E-state index contributed by atoms with van der Waals surface area (Å²) in [7, 11) is 3.77. The van der Waals surface area contributed by atoms with Gasteiger partial charge in [0.1, 0.15) is 16.5 Å². The first-order chi connectivity index (χ1) is 14.3. The molecule has 1 amide bonds. The molecule has 0 unspecified atom stereocenters. The minimum absolute atomic E-state index is 0.252. The highest BCUT2D eigenvalue weighted by molar-refractivity contribution is 7.21. The lowest BCUT2D eigenvalue weighted by molar-refractivity contribution is 0.103. The van der Waals surface area contributed by atoms with Gasteiger partial charge in [0.05, 0.1) is 22.5 Å². The van der Waals surface area contributed by atoms with E-state index in [2.05, 4.69) is 20.3 Å². The number of aryl methyl sites for hydroxylation is 1. The van der Waals surface area contributed by atoms with Crippen LogP contribution < -0.4 is 10.9 Å². The Kier molecular flexibility index (Phi) is 5.46. The van der Waals surface area contributed by atoms with Crippen LogP contribution in [0.4, 0.5) is 9.52 Å². The van der Waals surface area contributed by atoms with Gasteiger partial charge in [-0.15, -0.1) is 22.7 Å². The minimum Gasteiger partial charge on any atom is -0.309 e. The van der Waals surface area contributed by atoms with Crippen molar-refractivity contribution < 1.29 is 9.18 Å². The highest BCUT2D eigenvalue weighted by Gasteiger charge is 2.20. The molecule has 3 heterocycles. The van der Waals surface area contributed by atoms with Crippen molar-refractivity contribution in [2.45, 2.75) is 13.5 Å². The molecular formula is C20H18FN5O2S2. The smallest absolute Gasteiger partial charge is 0.267 e. The van der Waals surface area contributed by atoms with E-state index in [1.807, 2.05) is 19.0 Å². The van der Waals surface area contributed by atoms with E-state index in [1.54, 1.807) is 24.4 Å². The zero-order chi connectivity index (χ0) is 21.4. The van der Waals surface area contributed by atoms with Gasteiger partial charge in [-0.2, -0.15) is 0 Å². The first-order valence-electron chi connectivity index (χ1n) is 9.01. The second-order valence-electron chi connectivity index (χ2n) is 6.99. The number of hydrogen-bond donors (Lipinski definition) is 2. The molecule has 2 N–H and O–H groups in total. The summed E-state index contributed by atoms with van der Waals surface area (Å²) in [6.45, 7) is 2.23. The maximum absolute atomic E-state index is 13.1. The molecule has 4 rings (SSSR count). The van der Waals surface area contributed by atoms with Crippen LogP contribution in [0.25, 0.3) is 21.5 Å². The Labute approximate surface area is 179 Å². The molecule has 0 saturated heterocycles. The van der Waals surface area contributed by atoms with E-state index in [1.165, 1.54) is 34.8 Å². The number of benzene rings is 1. The lowest BCUT2D eigenvalue weighted by Gasteiger charge is -2.07. The quantitative estimate of drug-likeness (QED) is 0.489. The fourth-order valence-corrected chi connectivity index (χ4v) is 4.83. The van der Waals surface area contributed by atoms with Gasteiger partial charge < -0.3 is 9.88 Å². The van der Waals surface area contributed by atoms with Gasteiger partial charge in [0.15, 0.2) is 5.13 Å². The molecule has 0 fully saturated rings. The van der Waals surface area contributed by atoms with E-state index in [4.69, 9.17) is 0 Å². The van der Waals surface area contributed by atoms with Crippen LogP contribution in [0.3, 0.4) is 0 Å². The summed E-state index contributed by atoms with van der Waals surface area (Å²) < 4.78 is 13.1. The molecule has 1 aromatic carbocycles. The number of thiazole rings is 1. The average molecular weight is 444 g/mol. The third-order valence-electron chi connectivity index (χ3n) is 4.39. The predicted octanol–water partition coefficient (Wildman–Crippen LogP) is 3.87. The largest absolute Gasteiger partial charge is 0.309 e. The number of aromatic amines is 1. The van der Waals surface area contributed by atoms with Crippen molar-refractivity contribution in [3.05, 3.63) is 62.1 Å². The van der Waals surface area contributed by atoms with E-state index < -0.39 is 0 Å². The van der Waals surface area contributed by atoms with Gasteiger partial charge in [0, 0.05) is 10.9 Å². The van der Waals surface area contributed by atoms with Crippen molar-refractivity contribution in [3.63, 3.8) is 0 Å². The number of carbonyl (C=O) groups excluding carboxylic acids is 1. The molecule has 3 aromatic heterocycles. The number of hydrogen-bond acceptors (Lipinski definition) is 7. The van der Waals surface area contributed by atoms with Crippen LogP contribution in [0.2, 0.25) is 0 Å². The highest BCUT2D eigenvalue weighted by Crippen LogP contribution is 2.29. The molecule has 0 bridgehead atoms. The number of rotatable bonds is 5. The molecule has 0 atom stereocenters. The Morgan fingerprint density at radius 1 is 1.23 bits per heavy atom. The fourth-order valence-electron chi connectivity index (χ4n) is 3.02. The zero-order valence-electron chi connectivity index (χ0n) is 16.4. The summed E-state index contributed by atoms with van der Waals surface area (Å²) in [4.78, 5) is 39.9. The van der Waals surface area contributed by atoms with Crippen LogP contribution in [0.5, 0.6) is 0 Å². The molecule has 0 aliphatic carbocycles. The van der Waals surface area contributed by atoms with E-state index in [0.29, 0.717) is 43.9 Å². The van der Waals surface area contributed by atoms with Crippen LogP contribution >= 0.6 is 22.7 Å². The van der Waals surface area contributed by atoms with Crippen LogP contribution in [-0.4, -0.2) is 39.9 Å². The third kappa shape index (κ3) is 4.02. The number of H-pyrrole nitrogens is 1. The summed E-state index contributed by atoms with van der Waals surface area (Å²) in [6, 6.07) is 6.00. The van der Waals surface area contributed by atoms with Crippen LogP contribution in [-0.2, 0) is 6.54 Å². The molecule has 0 aliphatic rings. The first kappa shape index (κ1) is 20.3. The van der Waals surface area contributed by atoms with Gasteiger partial charge in [0.25, 0.3) is 11.5 Å². The summed E-state index contributed by atoms with van der Waals surface area (Å²) in [5.74, 6) is -0.112. The third-order valence-corrected chi connectivity index (χ3v) is 6.33. The van der Waals surface area contributed by atoms with E-state index >= 15 is 0 Å². The van der Waals surface area contributed by atoms with Gasteiger partial charge >= 0.3 is 0 Å². The predicted molar refractivity (Wildman–Crippen MR) is 118 cm³/mol. The number of fused-ring (bicyclic) bond motifs is 1. The van der Waals surface area contributed by atoms with Crippen molar-refractivity contribution in [3.8, 4) is 11.3 Å². The lowest BCUT2D eigenvalue weighted by atomic mass is 10.2. The second-order valence-corrected chi connectivity index (χ2v) is 8.84. The van der Waals surface area contributed by atoms with Crippen LogP contribution in [0, 0.1) is 12.7 Å². The zero-order valence-corrected chi connectivity index (χ0v) is 18.1. The number of nitrogens with one attached hydrogen (secondary N) is 2. The van der Waals surface area contributed by atoms with Crippen molar-refractivity contribution in [2.75, 3.05) is 19.4 Å². The Bertz CT molecular complexity index is 1290. The van der Waals surface area contributed by atoms with Gasteiger partial charge in [-0.05, 0) is 50.8 Å². The standard InChI is InChI=1S/C20H18FN5O2S2/c1-10-15-17(27)23-14(8-26(2)3)24-19(15)30-16(10)18(28)25-20-22-13(9-29-20)11-4-6-12(21)7-5-11/h4-7,9H,8H2,1-3H3,(H,22,25,28)(H,23,24,27). The number of anilines is 1. The summed E-state index contributed by atoms with van der Waals surface area (Å²) in [5.41, 5.74) is 1.75. The van der Waals surface area contributed by atoms with Gasteiger partial charge in [-0.25, -0.2) is 14.4 Å². The molecule has 0 saturated carbocycles. The Balaban J connectivity index is 1.60. The van der Waals surface area contributed by atoms with Gasteiger partial charge in [0.2, 0.25) is 0 Å². The van der Waals surface area contributed by atoms with E-state index in [0.717, 1.165) is 5.56 Å². The summed E-state index contributed by atoms with van der Waals surface area (Å²) in [6.07, 6.45) is 0. The van der Waals surface area contributed by atoms with Crippen molar-refractivity contribution in [1.29, 1.82) is 0 Å². The molecule has 30 heavy (non-hydrogen) atoms. The number of nitrogens with zero attached hydrogens (tertiary/aromatic N) is 3. The number of thiophene rings is 1. The van der Waals surface area contributed by atoms with Crippen molar-refractivity contribution >= 4 is 43.9 Å². The molecular weight excluding hydrogens is 425 g/mol. The Hall–Kier alpha value is -2.95. The van der Waals surface area contributed by atoms with E-state index in [9.17, 15) is 14.0 Å². The monoisotopic (exact) mass is 443 g/mol. The second kappa shape index (κ2) is 8.05. The number of amides is 1. The molecule has 4 aromatic rings. The minimum atomic E-state index is -0.343. The van der Waals surface area contributed by atoms with Crippen LogP contribution in [0.15, 0.2) is 34.4 Å². The molecule has 0 aliphatic heterocycles. The van der Waals surface area contributed by atoms with Crippen molar-refractivity contribution in [2.24, 2.45) is 0 Å². The average Bonchev–Trinajstić information content (AvgIpc) is 3.26.